The van der Waals surface area contributed by atoms with Gasteiger partial charge in [-0.25, -0.2) is 9.97 Å². The molecule has 2 heterocycles. The van der Waals surface area contributed by atoms with Gasteiger partial charge in [0.2, 0.25) is 5.91 Å². The molecule has 0 aliphatic carbocycles. The first-order valence-corrected chi connectivity index (χ1v) is 13.4. The molecule has 2 amide bonds. The van der Waals surface area contributed by atoms with E-state index in [0.717, 1.165) is 52.9 Å². The predicted molar refractivity (Wildman–Crippen MR) is 151 cm³/mol. The van der Waals surface area contributed by atoms with Crippen LogP contribution in [0.1, 0.15) is 60.1 Å². The summed E-state index contributed by atoms with van der Waals surface area (Å²) in [6.07, 6.45) is 4.15. The van der Waals surface area contributed by atoms with E-state index in [0.29, 0.717) is 18.7 Å². The van der Waals surface area contributed by atoms with E-state index in [2.05, 4.69) is 27.1 Å². The number of pyridine rings is 1. The fourth-order valence-corrected chi connectivity index (χ4v) is 4.57. The summed E-state index contributed by atoms with van der Waals surface area (Å²) in [5.41, 5.74) is 5.65. The van der Waals surface area contributed by atoms with E-state index in [1.54, 1.807) is 0 Å². The maximum Gasteiger partial charge on any atom is 0.251 e. The molecule has 0 fully saturated rings. The zero-order valence-corrected chi connectivity index (χ0v) is 22.7. The Morgan fingerprint density at radius 1 is 0.974 bits per heavy atom. The number of benzene rings is 2. The molecule has 2 aromatic carbocycles. The highest BCUT2D eigenvalue weighted by atomic mass is 16.2. The van der Waals surface area contributed by atoms with Gasteiger partial charge in [-0.3, -0.25) is 9.59 Å². The van der Waals surface area contributed by atoms with Crippen molar-refractivity contribution in [3.63, 3.8) is 0 Å². The fraction of sp³-hybridized carbons (Fsp3) is 0.355. The summed E-state index contributed by atoms with van der Waals surface area (Å²) < 4.78 is 2.14. The number of carbonyl (C=O) groups is 2. The normalized spacial score (nSPS) is 12.7. The predicted octanol–water partition coefficient (Wildman–Crippen LogP) is 4.85. The van der Waals surface area contributed by atoms with Gasteiger partial charge in [-0.2, -0.15) is 0 Å². The molecule has 2 N–H and O–H groups in total. The molecule has 38 heavy (non-hydrogen) atoms. The van der Waals surface area contributed by atoms with Crippen molar-refractivity contribution in [2.24, 2.45) is 5.92 Å². The molecule has 198 valence electrons. The van der Waals surface area contributed by atoms with E-state index < -0.39 is 6.04 Å². The summed E-state index contributed by atoms with van der Waals surface area (Å²) in [5, 5.41) is 5.97. The minimum atomic E-state index is -0.596. The first kappa shape index (κ1) is 27.0. The number of hydrogen-bond donors (Lipinski definition) is 2. The molecule has 0 saturated heterocycles. The third-order valence-corrected chi connectivity index (χ3v) is 7.13. The molecule has 7 nitrogen and oxygen atoms in total. The van der Waals surface area contributed by atoms with E-state index >= 15 is 0 Å². The zero-order valence-electron chi connectivity index (χ0n) is 22.7. The summed E-state index contributed by atoms with van der Waals surface area (Å²) >= 11 is 0. The van der Waals surface area contributed by atoms with E-state index in [9.17, 15) is 9.59 Å². The minimum absolute atomic E-state index is 0.00731. The molecule has 0 saturated carbocycles. The first-order chi connectivity index (χ1) is 18.4. The Balaban J connectivity index is 1.41. The second-order valence-corrected chi connectivity index (χ2v) is 9.83. The van der Waals surface area contributed by atoms with Crippen LogP contribution < -0.4 is 10.6 Å². The Morgan fingerprint density at radius 3 is 2.39 bits per heavy atom. The third kappa shape index (κ3) is 6.28. The van der Waals surface area contributed by atoms with Crippen LogP contribution in [0.2, 0.25) is 0 Å². The van der Waals surface area contributed by atoms with Crippen molar-refractivity contribution < 1.29 is 9.59 Å². The summed E-state index contributed by atoms with van der Waals surface area (Å²) in [4.78, 5) is 35.4. The van der Waals surface area contributed by atoms with Gasteiger partial charge in [0.15, 0.2) is 5.65 Å². The Bertz CT molecular complexity index is 1380. The lowest BCUT2D eigenvalue weighted by Gasteiger charge is -2.23. The maximum absolute atomic E-state index is 13.1. The molecule has 4 rings (SSSR count). The fourth-order valence-electron chi connectivity index (χ4n) is 4.57. The molecular weight excluding hydrogens is 474 g/mol. The van der Waals surface area contributed by atoms with Gasteiger partial charge in [0.05, 0.1) is 6.54 Å². The van der Waals surface area contributed by atoms with Gasteiger partial charge < -0.3 is 15.2 Å². The number of aryl methyl sites for hydroxylation is 2. The molecule has 0 radical (unpaired) electrons. The van der Waals surface area contributed by atoms with Crippen LogP contribution in [0.15, 0.2) is 66.9 Å². The molecule has 2 unspecified atom stereocenters. The highest BCUT2D eigenvalue weighted by molar-refractivity contribution is 5.97. The van der Waals surface area contributed by atoms with Crippen molar-refractivity contribution in [3.05, 3.63) is 94.9 Å². The van der Waals surface area contributed by atoms with Crippen LogP contribution in [0.4, 0.5) is 0 Å². The number of amides is 2. The SMILES string of the molecule is CCc1nc2c(C)ccnc2n1Cc1ccc(C(=O)NC(C(=O)NCCc2ccccc2)C(C)CC)cc1. The van der Waals surface area contributed by atoms with Crippen molar-refractivity contribution >= 4 is 23.0 Å². The number of hydrogen-bond acceptors (Lipinski definition) is 4. The van der Waals surface area contributed by atoms with E-state index in [1.165, 1.54) is 0 Å². The third-order valence-electron chi connectivity index (χ3n) is 7.13. The van der Waals surface area contributed by atoms with Crippen LogP contribution in [0, 0.1) is 12.8 Å². The quantitative estimate of drug-likeness (QED) is 0.301. The topological polar surface area (TPSA) is 88.9 Å². The highest BCUT2D eigenvalue weighted by Crippen LogP contribution is 2.20. The molecule has 0 bridgehead atoms. The average molecular weight is 512 g/mol. The van der Waals surface area contributed by atoms with Gasteiger partial charge in [-0.15, -0.1) is 0 Å². The van der Waals surface area contributed by atoms with Crippen molar-refractivity contribution in [3.8, 4) is 0 Å². The number of carbonyl (C=O) groups excluding carboxylic acids is 2. The maximum atomic E-state index is 13.1. The van der Waals surface area contributed by atoms with Gasteiger partial charge >= 0.3 is 0 Å². The summed E-state index contributed by atoms with van der Waals surface area (Å²) in [5.74, 6) is 0.591. The molecule has 2 atom stereocenters. The largest absolute Gasteiger partial charge is 0.354 e. The van der Waals surface area contributed by atoms with Crippen LogP contribution in [-0.2, 0) is 24.2 Å². The number of rotatable bonds is 11. The van der Waals surface area contributed by atoms with E-state index in [-0.39, 0.29) is 17.7 Å². The van der Waals surface area contributed by atoms with Gasteiger partial charge in [0.25, 0.3) is 5.91 Å². The number of aromatic nitrogens is 3. The molecule has 2 aromatic heterocycles. The van der Waals surface area contributed by atoms with Crippen LogP contribution in [-0.4, -0.2) is 38.9 Å². The number of nitrogens with zero attached hydrogens (tertiary/aromatic N) is 3. The molecule has 0 aliphatic rings. The highest BCUT2D eigenvalue weighted by Gasteiger charge is 2.26. The second kappa shape index (κ2) is 12.5. The first-order valence-electron chi connectivity index (χ1n) is 13.4. The summed E-state index contributed by atoms with van der Waals surface area (Å²) in [6.45, 7) is 9.29. The summed E-state index contributed by atoms with van der Waals surface area (Å²) in [7, 11) is 0. The molecule has 0 aliphatic heterocycles. The Morgan fingerprint density at radius 2 is 1.71 bits per heavy atom. The lowest BCUT2D eigenvalue weighted by atomic mass is 9.97. The monoisotopic (exact) mass is 511 g/mol. The number of fused-ring (bicyclic) bond motifs is 1. The Kier molecular flexibility index (Phi) is 8.89. The molecule has 7 heteroatoms. The van der Waals surface area contributed by atoms with Crippen molar-refractivity contribution in [2.45, 2.75) is 59.5 Å². The number of nitrogens with one attached hydrogen (secondary N) is 2. The zero-order chi connectivity index (χ0) is 27.1. The van der Waals surface area contributed by atoms with Gasteiger partial charge in [0, 0.05) is 24.7 Å². The van der Waals surface area contributed by atoms with Crippen LogP contribution in [0.25, 0.3) is 11.2 Å². The van der Waals surface area contributed by atoms with E-state index in [1.807, 2.05) is 87.6 Å². The lowest BCUT2D eigenvalue weighted by Crippen LogP contribution is -2.50. The molecular formula is C31H37N5O2. The van der Waals surface area contributed by atoms with Gasteiger partial charge in [-0.1, -0.05) is 69.7 Å². The Labute approximate surface area is 224 Å². The second-order valence-electron chi connectivity index (χ2n) is 9.83. The van der Waals surface area contributed by atoms with E-state index in [4.69, 9.17) is 4.98 Å². The van der Waals surface area contributed by atoms with Crippen LogP contribution in [0.5, 0.6) is 0 Å². The number of imidazole rings is 1. The van der Waals surface area contributed by atoms with Crippen molar-refractivity contribution in [1.82, 2.24) is 25.2 Å². The minimum Gasteiger partial charge on any atom is -0.354 e. The molecule has 4 aromatic rings. The standard InChI is InChI=1S/C31H37N5O2/c1-5-21(3)28(31(38)33-19-17-23-10-8-7-9-11-23)35-30(37)25-14-12-24(13-15-25)20-36-26(6-2)34-27-22(4)16-18-32-29(27)36/h7-16,18,21,28H,5-6,17,19-20H2,1-4H3,(H,33,38)(H,35,37). The van der Waals surface area contributed by atoms with Crippen molar-refractivity contribution in [2.75, 3.05) is 6.54 Å². The van der Waals surface area contributed by atoms with Crippen LogP contribution >= 0.6 is 0 Å². The molecule has 0 spiro atoms. The van der Waals surface area contributed by atoms with Gasteiger partial charge in [-0.05, 0) is 54.2 Å². The Hall–Kier alpha value is -4.00. The van der Waals surface area contributed by atoms with Crippen molar-refractivity contribution in [1.29, 1.82) is 0 Å². The van der Waals surface area contributed by atoms with Crippen LogP contribution in [0.3, 0.4) is 0 Å². The smallest absolute Gasteiger partial charge is 0.251 e. The average Bonchev–Trinajstić information content (AvgIpc) is 3.30. The lowest BCUT2D eigenvalue weighted by molar-refractivity contribution is -0.124. The van der Waals surface area contributed by atoms with Gasteiger partial charge in [0.1, 0.15) is 17.4 Å². The summed E-state index contributed by atoms with van der Waals surface area (Å²) in [6, 6.07) is 18.9.